The summed E-state index contributed by atoms with van der Waals surface area (Å²) in [7, 11) is 1.95. The van der Waals surface area contributed by atoms with Gasteiger partial charge in [0.15, 0.2) is 5.82 Å². The van der Waals surface area contributed by atoms with Gasteiger partial charge in [0.2, 0.25) is 0 Å². The average Bonchev–Trinajstić information content (AvgIpc) is 2.17. The molecule has 2 N–H and O–H groups in total. The highest BCUT2D eigenvalue weighted by molar-refractivity contribution is 7.80. The van der Waals surface area contributed by atoms with Gasteiger partial charge in [-0.1, -0.05) is 12.2 Å². The van der Waals surface area contributed by atoms with E-state index in [-0.39, 0.29) is 4.99 Å². The van der Waals surface area contributed by atoms with Crippen LogP contribution in [0, 0.1) is 0 Å². The minimum Gasteiger partial charge on any atom is -0.387 e. The first-order chi connectivity index (χ1) is 6.15. The van der Waals surface area contributed by atoms with E-state index in [9.17, 15) is 0 Å². The number of aromatic nitrogens is 2. The summed E-state index contributed by atoms with van der Waals surface area (Å²) in [5, 5.41) is 0. The number of anilines is 1. The lowest BCUT2D eigenvalue weighted by atomic mass is 10.5. The third-order valence-corrected chi connectivity index (χ3v) is 1.91. The van der Waals surface area contributed by atoms with Crippen molar-refractivity contribution < 1.29 is 0 Å². The van der Waals surface area contributed by atoms with Gasteiger partial charge in [-0.15, -0.1) is 0 Å². The summed E-state index contributed by atoms with van der Waals surface area (Å²) in [4.78, 5) is 10.4. The van der Waals surface area contributed by atoms with Crippen molar-refractivity contribution in [3.8, 4) is 0 Å². The van der Waals surface area contributed by atoms with Crippen LogP contribution in [-0.2, 0) is 0 Å². The molecular formula is C8H12N4S. The molecule has 1 heterocycles. The second-order valence-electron chi connectivity index (χ2n) is 2.62. The average molecular weight is 196 g/mol. The zero-order chi connectivity index (χ0) is 9.84. The van der Waals surface area contributed by atoms with Crippen molar-refractivity contribution in [2.75, 3.05) is 18.5 Å². The Hall–Kier alpha value is -1.23. The quantitative estimate of drug-likeness (QED) is 0.716. The lowest BCUT2D eigenvalue weighted by molar-refractivity contribution is 0.925. The summed E-state index contributed by atoms with van der Waals surface area (Å²) in [6.45, 7) is 2.93. The number of nitrogens with two attached hydrogens (primary N) is 1. The summed E-state index contributed by atoms with van der Waals surface area (Å²) in [6, 6.07) is 1.82. The predicted molar refractivity (Wildman–Crippen MR) is 56.9 cm³/mol. The van der Waals surface area contributed by atoms with Crippen molar-refractivity contribution >= 4 is 23.0 Å². The standard InChI is InChI=1S/C8H12N4S/c1-3-12(2)6-4-5-10-8(11-6)7(9)13/h4-5H,3H2,1-2H3,(H2,9,13). The van der Waals surface area contributed by atoms with Gasteiger partial charge in [-0.05, 0) is 13.0 Å². The lowest BCUT2D eigenvalue weighted by Gasteiger charge is -2.15. The molecule has 0 fully saturated rings. The number of hydrogen-bond donors (Lipinski definition) is 1. The van der Waals surface area contributed by atoms with Crippen LogP contribution in [0.1, 0.15) is 12.7 Å². The van der Waals surface area contributed by atoms with Gasteiger partial charge in [-0.3, -0.25) is 0 Å². The fourth-order valence-electron chi connectivity index (χ4n) is 0.842. The summed E-state index contributed by atoms with van der Waals surface area (Å²) in [5.41, 5.74) is 5.41. The van der Waals surface area contributed by atoms with Gasteiger partial charge in [-0.2, -0.15) is 0 Å². The van der Waals surface area contributed by atoms with Crippen LogP contribution in [0.5, 0.6) is 0 Å². The van der Waals surface area contributed by atoms with Crippen molar-refractivity contribution in [2.45, 2.75) is 6.92 Å². The van der Waals surface area contributed by atoms with E-state index in [0.717, 1.165) is 12.4 Å². The van der Waals surface area contributed by atoms with Crippen molar-refractivity contribution in [1.29, 1.82) is 0 Å². The van der Waals surface area contributed by atoms with Crippen LogP contribution < -0.4 is 10.6 Å². The highest BCUT2D eigenvalue weighted by Gasteiger charge is 2.03. The summed E-state index contributed by atoms with van der Waals surface area (Å²) >= 11 is 4.78. The molecule has 0 unspecified atom stereocenters. The Kier molecular flexibility index (Phi) is 3.13. The normalized spacial score (nSPS) is 9.69. The molecule has 0 saturated heterocycles. The van der Waals surface area contributed by atoms with E-state index in [2.05, 4.69) is 9.97 Å². The third-order valence-electron chi connectivity index (χ3n) is 1.73. The molecule has 0 aromatic carbocycles. The van der Waals surface area contributed by atoms with Gasteiger partial charge in [0.1, 0.15) is 10.8 Å². The zero-order valence-electron chi connectivity index (χ0n) is 7.69. The Labute approximate surface area is 82.8 Å². The van der Waals surface area contributed by atoms with E-state index in [4.69, 9.17) is 18.0 Å². The van der Waals surface area contributed by atoms with Crippen LogP contribution in [0.3, 0.4) is 0 Å². The van der Waals surface area contributed by atoms with E-state index in [1.54, 1.807) is 6.20 Å². The van der Waals surface area contributed by atoms with Gasteiger partial charge in [0, 0.05) is 19.8 Å². The molecule has 0 aliphatic rings. The van der Waals surface area contributed by atoms with Crippen molar-refractivity contribution in [3.05, 3.63) is 18.1 Å². The summed E-state index contributed by atoms with van der Waals surface area (Å²) in [5.74, 6) is 1.26. The fourth-order valence-corrected chi connectivity index (χ4v) is 0.941. The van der Waals surface area contributed by atoms with E-state index < -0.39 is 0 Å². The number of thiocarbonyl (C=S) groups is 1. The van der Waals surface area contributed by atoms with E-state index in [0.29, 0.717) is 5.82 Å². The topological polar surface area (TPSA) is 55.0 Å². The van der Waals surface area contributed by atoms with E-state index in [1.807, 2.05) is 24.9 Å². The molecular weight excluding hydrogens is 184 g/mol. The van der Waals surface area contributed by atoms with Crippen LogP contribution in [0.4, 0.5) is 5.82 Å². The minimum atomic E-state index is 0.228. The van der Waals surface area contributed by atoms with Crippen LogP contribution in [0.15, 0.2) is 12.3 Å². The molecule has 0 bridgehead atoms. The van der Waals surface area contributed by atoms with Gasteiger partial charge in [0.25, 0.3) is 0 Å². The Balaban J connectivity index is 2.98. The molecule has 0 amide bonds. The SMILES string of the molecule is CCN(C)c1ccnc(C(N)=S)n1. The van der Waals surface area contributed by atoms with Crippen LogP contribution in [0.25, 0.3) is 0 Å². The van der Waals surface area contributed by atoms with Crippen molar-refractivity contribution in [1.82, 2.24) is 9.97 Å². The van der Waals surface area contributed by atoms with Crippen molar-refractivity contribution in [3.63, 3.8) is 0 Å². The minimum absolute atomic E-state index is 0.228. The van der Waals surface area contributed by atoms with Gasteiger partial charge >= 0.3 is 0 Å². The van der Waals surface area contributed by atoms with Crippen molar-refractivity contribution in [2.24, 2.45) is 5.73 Å². The summed E-state index contributed by atoms with van der Waals surface area (Å²) in [6.07, 6.45) is 1.66. The van der Waals surface area contributed by atoms with Crippen LogP contribution in [-0.4, -0.2) is 28.5 Å². The molecule has 5 heteroatoms. The monoisotopic (exact) mass is 196 g/mol. The fraction of sp³-hybridized carbons (Fsp3) is 0.375. The third kappa shape index (κ3) is 2.35. The molecule has 1 rings (SSSR count). The van der Waals surface area contributed by atoms with Crippen LogP contribution in [0.2, 0.25) is 0 Å². The second kappa shape index (κ2) is 4.13. The van der Waals surface area contributed by atoms with Gasteiger partial charge in [-0.25, -0.2) is 9.97 Å². The molecule has 0 saturated carbocycles. The molecule has 1 aromatic heterocycles. The van der Waals surface area contributed by atoms with E-state index >= 15 is 0 Å². The highest BCUT2D eigenvalue weighted by atomic mass is 32.1. The maximum atomic E-state index is 5.41. The van der Waals surface area contributed by atoms with E-state index in [1.165, 1.54) is 0 Å². The molecule has 0 spiro atoms. The Morgan fingerprint density at radius 1 is 1.69 bits per heavy atom. The number of rotatable bonds is 3. The smallest absolute Gasteiger partial charge is 0.188 e. The number of nitrogens with zero attached hydrogens (tertiary/aromatic N) is 3. The predicted octanol–water partition coefficient (Wildman–Crippen LogP) is 0.567. The molecule has 0 aliphatic carbocycles. The Morgan fingerprint density at radius 3 is 2.92 bits per heavy atom. The molecule has 0 aliphatic heterocycles. The molecule has 0 radical (unpaired) electrons. The second-order valence-corrected chi connectivity index (χ2v) is 3.06. The Bertz CT molecular complexity index is 313. The molecule has 4 nitrogen and oxygen atoms in total. The Morgan fingerprint density at radius 2 is 2.38 bits per heavy atom. The largest absolute Gasteiger partial charge is 0.387 e. The zero-order valence-corrected chi connectivity index (χ0v) is 8.51. The molecule has 0 atom stereocenters. The first kappa shape index (κ1) is 9.85. The maximum absolute atomic E-state index is 5.41. The van der Waals surface area contributed by atoms with Gasteiger partial charge < -0.3 is 10.6 Å². The van der Waals surface area contributed by atoms with Crippen LogP contribution >= 0.6 is 12.2 Å². The van der Waals surface area contributed by atoms with Gasteiger partial charge in [0.05, 0.1) is 0 Å². The first-order valence-electron chi connectivity index (χ1n) is 3.99. The highest BCUT2D eigenvalue weighted by Crippen LogP contribution is 2.06. The lowest BCUT2D eigenvalue weighted by Crippen LogP contribution is -2.20. The summed E-state index contributed by atoms with van der Waals surface area (Å²) < 4.78 is 0. The first-order valence-corrected chi connectivity index (χ1v) is 4.40. The maximum Gasteiger partial charge on any atom is 0.188 e. The molecule has 1 aromatic rings. The molecule has 13 heavy (non-hydrogen) atoms. The number of hydrogen-bond acceptors (Lipinski definition) is 4. The molecule has 70 valence electrons.